The van der Waals surface area contributed by atoms with E-state index in [0.29, 0.717) is 16.3 Å². The molecule has 0 unspecified atom stereocenters. The van der Waals surface area contributed by atoms with Crippen molar-refractivity contribution in [2.45, 2.75) is 6.61 Å². The molecule has 0 saturated carbocycles. The molecular formula is C15H12ClN3O4. The summed E-state index contributed by atoms with van der Waals surface area (Å²) in [6.07, 6.45) is 0.959. The SMILES string of the molecule is O=C(/C=N/OCc1cccc([N+](=O)[O-])c1)Nc1ccccc1Cl. The molecule has 1 amide bonds. The Morgan fingerprint density at radius 2 is 2.09 bits per heavy atom. The van der Waals surface area contributed by atoms with Crippen LogP contribution in [0.5, 0.6) is 0 Å². The molecule has 0 saturated heterocycles. The van der Waals surface area contributed by atoms with Crippen LogP contribution in [0.2, 0.25) is 5.02 Å². The van der Waals surface area contributed by atoms with Gasteiger partial charge < -0.3 is 10.2 Å². The fraction of sp³-hybridized carbons (Fsp3) is 0.0667. The number of non-ortho nitro benzene ring substituents is 1. The molecule has 7 nitrogen and oxygen atoms in total. The first-order valence-electron chi connectivity index (χ1n) is 6.50. The van der Waals surface area contributed by atoms with Crippen molar-refractivity contribution in [1.82, 2.24) is 0 Å². The van der Waals surface area contributed by atoms with Gasteiger partial charge in [0.2, 0.25) is 0 Å². The summed E-state index contributed by atoms with van der Waals surface area (Å²) in [6.45, 7) is 0.0115. The van der Waals surface area contributed by atoms with Crippen LogP contribution in [0.25, 0.3) is 0 Å². The zero-order chi connectivity index (χ0) is 16.7. The van der Waals surface area contributed by atoms with Crippen molar-refractivity contribution in [3.8, 4) is 0 Å². The Hall–Kier alpha value is -2.93. The molecule has 0 radical (unpaired) electrons. The lowest BCUT2D eigenvalue weighted by molar-refractivity contribution is -0.384. The highest BCUT2D eigenvalue weighted by atomic mass is 35.5. The molecule has 0 aromatic heterocycles. The molecule has 2 aromatic carbocycles. The number of carbonyl (C=O) groups is 1. The summed E-state index contributed by atoms with van der Waals surface area (Å²) in [5, 5.41) is 17.1. The number of amides is 1. The Labute approximate surface area is 136 Å². The summed E-state index contributed by atoms with van der Waals surface area (Å²) in [7, 11) is 0. The summed E-state index contributed by atoms with van der Waals surface area (Å²) >= 11 is 5.90. The highest BCUT2D eigenvalue weighted by molar-refractivity contribution is 6.36. The van der Waals surface area contributed by atoms with Crippen LogP contribution >= 0.6 is 11.6 Å². The number of oxime groups is 1. The van der Waals surface area contributed by atoms with E-state index >= 15 is 0 Å². The van der Waals surface area contributed by atoms with Gasteiger partial charge in [-0.2, -0.15) is 0 Å². The lowest BCUT2D eigenvalue weighted by Crippen LogP contribution is -2.13. The van der Waals surface area contributed by atoms with Gasteiger partial charge in [-0.25, -0.2) is 0 Å². The van der Waals surface area contributed by atoms with E-state index in [-0.39, 0.29) is 12.3 Å². The highest BCUT2D eigenvalue weighted by Crippen LogP contribution is 2.20. The predicted molar refractivity (Wildman–Crippen MR) is 86.5 cm³/mol. The summed E-state index contributed by atoms with van der Waals surface area (Å²) in [4.78, 5) is 26.7. The third kappa shape index (κ3) is 5.08. The van der Waals surface area contributed by atoms with Crippen LogP contribution < -0.4 is 5.32 Å². The number of nitrogens with zero attached hydrogens (tertiary/aromatic N) is 2. The quantitative estimate of drug-likeness (QED) is 0.498. The largest absolute Gasteiger partial charge is 0.391 e. The van der Waals surface area contributed by atoms with Crippen LogP contribution in [0.4, 0.5) is 11.4 Å². The minimum Gasteiger partial charge on any atom is -0.391 e. The molecule has 0 aliphatic rings. The van der Waals surface area contributed by atoms with Crippen LogP contribution in [0.3, 0.4) is 0 Å². The van der Waals surface area contributed by atoms with Gasteiger partial charge in [0.25, 0.3) is 11.6 Å². The fourth-order valence-electron chi connectivity index (χ4n) is 1.68. The van der Waals surface area contributed by atoms with Crippen LogP contribution in [0, 0.1) is 10.1 Å². The minimum absolute atomic E-state index is 0.0115. The third-order valence-electron chi connectivity index (χ3n) is 2.73. The van der Waals surface area contributed by atoms with Gasteiger partial charge in [-0.15, -0.1) is 0 Å². The number of nitro benzene ring substituents is 1. The molecular weight excluding hydrogens is 322 g/mol. The Kier molecular flexibility index (Phi) is 5.65. The number of carbonyl (C=O) groups excluding carboxylic acids is 1. The van der Waals surface area contributed by atoms with Crippen LogP contribution in [-0.2, 0) is 16.2 Å². The molecule has 0 bridgehead atoms. The number of para-hydroxylation sites is 1. The van der Waals surface area contributed by atoms with Gasteiger partial charge in [0, 0.05) is 12.1 Å². The lowest BCUT2D eigenvalue weighted by Gasteiger charge is -2.03. The fourth-order valence-corrected chi connectivity index (χ4v) is 1.87. The molecule has 1 N–H and O–H groups in total. The molecule has 8 heteroatoms. The highest BCUT2D eigenvalue weighted by Gasteiger charge is 2.06. The third-order valence-corrected chi connectivity index (χ3v) is 3.06. The first-order chi connectivity index (χ1) is 11.1. The monoisotopic (exact) mass is 333 g/mol. The second kappa shape index (κ2) is 7.90. The van der Waals surface area contributed by atoms with Gasteiger partial charge in [-0.1, -0.05) is 41.0 Å². The van der Waals surface area contributed by atoms with E-state index in [1.54, 1.807) is 36.4 Å². The average molecular weight is 334 g/mol. The molecule has 0 fully saturated rings. The van der Waals surface area contributed by atoms with E-state index in [2.05, 4.69) is 10.5 Å². The van der Waals surface area contributed by atoms with Crippen molar-refractivity contribution in [3.63, 3.8) is 0 Å². The molecule has 0 atom stereocenters. The lowest BCUT2D eigenvalue weighted by atomic mass is 10.2. The number of anilines is 1. The second-order valence-electron chi connectivity index (χ2n) is 4.40. The number of rotatable bonds is 6. The predicted octanol–water partition coefficient (Wildman–Crippen LogP) is 3.39. The van der Waals surface area contributed by atoms with Gasteiger partial charge >= 0.3 is 0 Å². The first kappa shape index (κ1) is 16.4. The van der Waals surface area contributed by atoms with E-state index < -0.39 is 10.8 Å². The smallest absolute Gasteiger partial charge is 0.270 e. The van der Waals surface area contributed by atoms with Gasteiger partial charge in [-0.3, -0.25) is 14.9 Å². The maximum Gasteiger partial charge on any atom is 0.270 e. The number of nitro groups is 1. The van der Waals surface area contributed by atoms with Gasteiger partial charge in [-0.05, 0) is 17.7 Å². The van der Waals surface area contributed by atoms with Crippen LogP contribution in [-0.4, -0.2) is 17.0 Å². The van der Waals surface area contributed by atoms with Crippen molar-refractivity contribution in [2.24, 2.45) is 5.16 Å². The normalized spacial score (nSPS) is 10.5. The summed E-state index contributed by atoms with van der Waals surface area (Å²) < 4.78 is 0. The van der Waals surface area contributed by atoms with E-state index in [0.717, 1.165) is 6.21 Å². The topological polar surface area (TPSA) is 93.8 Å². The molecule has 0 spiro atoms. The Balaban J connectivity index is 1.85. The number of hydrogen-bond acceptors (Lipinski definition) is 5. The van der Waals surface area contributed by atoms with Crippen molar-refractivity contribution in [3.05, 3.63) is 69.2 Å². The maximum absolute atomic E-state index is 11.6. The number of halogens is 1. The molecule has 0 aliphatic heterocycles. The van der Waals surface area contributed by atoms with Gasteiger partial charge in [0.05, 0.1) is 15.6 Å². The maximum atomic E-state index is 11.6. The summed E-state index contributed by atoms with van der Waals surface area (Å²) in [6, 6.07) is 12.7. The Morgan fingerprint density at radius 3 is 2.83 bits per heavy atom. The second-order valence-corrected chi connectivity index (χ2v) is 4.81. The van der Waals surface area contributed by atoms with Crippen molar-refractivity contribution in [1.29, 1.82) is 0 Å². The summed E-state index contributed by atoms with van der Waals surface area (Å²) in [5.41, 5.74) is 0.999. The first-order valence-corrected chi connectivity index (χ1v) is 6.88. The number of nitrogens with one attached hydrogen (secondary N) is 1. The molecule has 118 valence electrons. The minimum atomic E-state index is -0.503. The van der Waals surface area contributed by atoms with E-state index in [9.17, 15) is 14.9 Å². The summed E-state index contributed by atoms with van der Waals surface area (Å²) in [5.74, 6) is -0.503. The van der Waals surface area contributed by atoms with Gasteiger partial charge in [0.1, 0.15) is 12.8 Å². The molecule has 0 aliphatic carbocycles. The van der Waals surface area contributed by atoms with Crippen molar-refractivity contribution in [2.75, 3.05) is 5.32 Å². The Morgan fingerprint density at radius 1 is 1.30 bits per heavy atom. The molecule has 0 heterocycles. The molecule has 23 heavy (non-hydrogen) atoms. The van der Waals surface area contributed by atoms with Gasteiger partial charge in [0.15, 0.2) is 0 Å². The van der Waals surface area contributed by atoms with Crippen LogP contribution in [0.15, 0.2) is 53.7 Å². The van der Waals surface area contributed by atoms with E-state index in [1.165, 1.54) is 12.1 Å². The van der Waals surface area contributed by atoms with E-state index in [4.69, 9.17) is 16.4 Å². The van der Waals surface area contributed by atoms with Crippen molar-refractivity contribution >= 4 is 35.1 Å². The van der Waals surface area contributed by atoms with Crippen molar-refractivity contribution < 1.29 is 14.6 Å². The van der Waals surface area contributed by atoms with E-state index in [1.807, 2.05) is 0 Å². The van der Waals surface area contributed by atoms with Crippen LogP contribution in [0.1, 0.15) is 5.56 Å². The standard InChI is InChI=1S/C15H12ClN3O4/c16-13-6-1-2-7-14(13)18-15(20)9-17-23-10-11-4-3-5-12(8-11)19(21)22/h1-9H,10H2,(H,18,20)/b17-9+. The zero-order valence-electron chi connectivity index (χ0n) is 11.8. The molecule has 2 aromatic rings. The average Bonchev–Trinajstić information content (AvgIpc) is 2.54. The number of benzene rings is 2. The number of hydrogen-bond donors (Lipinski definition) is 1. The molecule has 2 rings (SSSR count). The Bertz CT molecular complexity index is 749. The zero-order valence-corrected chi connectivity index (χ0v) is 12.6.